The highest BCUT2D eigenvalue weighted by molar-refractivity contribution is 6.28. The number of benzene rings is 11. The minimum atomic E-state index is 0.906. The monoisotopic (exact) mass is 722 g/mol. The van der Waals surface area contributed by atoms with Crippen molar-refractivity contribution in [2.45, 2.75) is 0 Å². The normalized spacial score (nSPS) is 11.9. The van der Waals surface area contributed by atoms with Crippen molar-refractivity contribution in [1.82, 2.24) is 0 Å². The lowest BCUT2D eigenvalue weighted by Crippen LogP contribution is -1.93. The second-order valence-electron chi connectivity index (χ2n) is 15.2. The summed E-state index contributed by atoms with van der Waals surface area (Å²) in [6.45, 7) is 0. The zero-order valence-electron chi connectivity index (χ0n) is 31.0. The summed E-state index contributed by atoms with van der Waals surface area (Å²) in [7, 11) is 0. The summed E-state index contributed by atoms with van der Waals surface area (Å²) in [5.41, 5.74) is 11.7. The highest BCUT2D eigenvalue weighted by Crippen LogP contribution is 2.49. The van der Waals surface area contributed by atoms with E-state index in [2.05, 4.69) is 206 Å². The molecule has 12 rings (SSSR count). The van der Waals surface area contributed by atoms with Gasteiger partial charge in [0, 0.05) is 10.8 Å². The molecule has 0 aliphatic rings. The third kappa shape index (κ3) is 4.96. The molecule has 0 unspecified atom stereocenters. The Labute approximate surface area is 329 Å². The molecule has 0 bridgehead atoms. The van der Waals surface area contributed by atoms with Gasteiger partial charge in [0.05, 0.1) is 0 Å². The smallest absolute Gasteiger partial charge is 0.136 e. The van der Waals surface area contributed by atoms with E-state index in [0.717, 1.165) is 16.6 Å². The molecule has 0 N–H and O–H groups in total. The third-order valence-electron chi connectivity index (χ3n) is 12.0. The maximum atomic E-state index is 6.45. The quantitative estimate of drug-likeness (QED) is 0.165. The van der Waals surface area contributed by atoms with E-state index in [1.807, 2.05) is 0 Å². The predicted molar refractivity (Wildman–Crippen MR) is 243 cm³/mol. The van der Waals surface area contributed by atoms with Gasteiger partial charge in [-0.15, -0.1) is 0 Å². The molecule has 1 heteroatoms. The van der Waals surface area contributed by atoms with Gasteiger partial charge in [-0.2, -0.15) is 0 Å². The number of hydrogen-bond donors (Lipinski definition) is 0. The summed E-state index contributed by atoms with van der Waals surface area (Å²) >= 11 is 0. The first-order valence-corrected chi connectivity index (χ1v) is 19.7. The van der Waals surface area contributed by atoms with Gasteiger partial charge in [0.25, 0.3) is 0 Å². The van der Waals surface area contributed by atoms with Crippen LogP contribution in [0.1, 0.15) is 0 Å². The van der Waals surface area contributed by atoms with E-state index in [1.54, 1.807) is 0 Å². The van der Waals surface area contributed by atoms with Crippen LogP contribution in [0.4, 0.5) is 0 Å². The van der Waals surface area contributed by atoms with Crippen LogP contribution >= 0.6 is 0 Å². The molecule has 0 fully saturated rings. The minimum Gasteiger partial charge on any atom is -0.456 e. The van der Waals surface area contributed by atoms with Gasteiger partial charge in [0.2, 0.25) is 0 Å². The molecule has 0 atom stereocenters. The second-order valence-corrected chi connectivity index (χ2v) is 15.2. The Kier molecular flexibility index (Phi) is 7.00. The van der Waals surface area contributed by atoms with Crippen molar-refractivity contribution < 1.29 is 4.42 Å². The van der Waals surface area contributed by atoms with E-state index in [-0.39, 0.29) is 0 Å². The predicted octanol–water partition coefficient (Wildman–Crippen LogP) is 16.0. The average molecular weight is 723 g/mol. The zero-order chi connectivity index (χ0) is 37.5. The van der Waals surface area contributed by atoms with E-state index < -0.39 is 0 Å². The van der Waals surface area contributed by atoms with Crippen molar-refractivity contribution in [1.29, 1.82) is 0 Å². The Morgan fingerprint density at radius 3 is 1.51 bits per heavy atom. The second kappa shape index (κ2) is 12.5. The third-order valence-corrected chi connectivity index (χ3v) is 12.0. The Bertz CT molecular complexity index is 3510. The first kappa shape index (κ1) is 31.8. The van der Waals surface area contributed by atoms with Crippen LogP contribution in [0.25, 0.3) is 120 Å². The van der Waals surface area contributed by atoms with Crippen LogP contribution in [-0.4, -0.2) is 0 Å². The summed E-state index contributed by atoms with van der Waals surface area (Å²) in [5.74, 6) is 0. The van der Waals surface area contributed by atoms with E-state index in [0.29, 0.717) is 0 Å². The van der Waals surface area contributed by atoms with Gasteiger partial charge in [-0.25, -0.2) is 0 Å². The summed E-state index contributed by atoms with van der Waals surface area (Å²) in [6, 6.07) is 75.4. The highest BCUT2D eigenvalue weighted by atomic mass is 16.3. The summed E-state index contributed by atoms with van der Waals surface area (Å²) in [5, 5.41) is 14.7. The fourth-order valence-electron chi connectivity index (χ4n) is 9.44. The van der Waals surface area contributed by atoms with E-state index in [4.69, 9.17) is 4.42 Å². The fourth-order valence-corrected chi connectivity index (χ4v) is 9.44. The minimum absolute atomic E-state index is 0.906. The van der Waals surface area contributed by atoms with Crippen molar-refractivity contribution in [3.05, 3.63) is 206 Å². The number of furan rings is 1. The lowest BCUT2D eigenvalue weighted by Gasteiger charge is -2.20. The maximum absolute atomic E-state index is 6.45. The van der Waals surface area contributed by atoms with E-state index in [9.17, 15) is 0 Å². The molecule has 0 amide bonds. The van der Waals surface area contributed by atoms with Crippen molar-refractivity contribution in [3.8, 4) is 44.5 Å². The average Bonchev–Trinajstić information content (AvgIpc) is 3.66. The first-order valence-electron chi connectivity index (χ1n) is 19.7. The zero-order valence-corrected chi connectivity index (χ0v) is 31.0. The molecular weight excluding hydrogens is 689 g/mol. The Morgan fingerprint density at radius 2 is 0.754 bits per heavy atom. The molecule has 1 aromatic heterocycles. The molecule has 0 spiro atoms. The molecule has 1 heterocycles. The molecule has 12 aromatic rings. The van der Waals surface area contributed by atoms with Gasteiger partial charge in [0.1, 0.15) is 11.2 Å². The van der Waals surface area contributed by atoms with Gasteiger partial charge < -0.3 is 4.42 Å². The van der Waals surface area contributed by atoms with Gasteiger partial charge in [-0.3, -0.25) is 0 Å². The lowest BCUT2D eigenvalue weighted by molar-refractivity contribution is 0.669. The largest absolute Gasteiger partial charge is 0.456 e. The van der Waals surface area contributed by atoms with Crippen molar-refractivity contribution in [2.24, 2.45) is 0 Å². The van der Waals surface area contributed by atoms with Crippen LogP contribution in [0, 0.1) is 0 Å². The molecule has 0 radical (unpaired) electrons. The van der Waals surface area contributed by atoms with Crippen molar-refractivity contribution in [2.75, 3.05) is 0 Å². The summed E-state index contributed by atoms with van der Waals surface area (Å²) < 4.78 is 6.45. The summed E-state index contributed by atoms with van der Waals surface area (Å²) in [6.07, 6.45) is 0. The standard InChI is InChI=1S/C56H34O/c1-2-13-35(14-3-1)37-17-12-18-38(31-37)39-25-28-45-42(32-39)33-40-16-5-7-20-44(40)55(45)56-48-23-10-8-21-46(48)53(47-22-9-11-24-49(47)56)41-27-29-51-50(34-41)54-43-19-6-4-15-36(43)26-30-52(54)57-51/h1-34H. The van der Waals surface area contributed by atoms with Crippen molar-refractivity contribution in [3.63, 3.8) is 0 Å². The number of hydrogen-bond acceptors (Lipinski definition) is 1. The van der Waals surface area contributed by atoms with Crippen LogP contribution in [-0.2, 0) is 0 Å². The molecule has 11 aromatic carbocycles. The highest BCUT2D eigenvalue weighted by Gasteiger charge is 2.21. The lowest BCUT2D eigenvalue weighted by atomic mass is 9.82. The molecule has 1 nitrogen and oxygen atoms in total. The van der Waals surface area contributed by atoms with E-state index >= 15 is 0 Å². The Hall–Kier alpha value is -7.48. The molecule has 57 heavy (non-hydrogen) atoms. The Balaban J connectivity index is 1.12. The SMILES string of the molecule is c1ccc(-c2cccc(-c3ccc4c(-c5c6ccccc6c(-c6ccc7oc8ccc9ccccc9c8c7c6)c6ccccc56)c5ccccc5cc4c3)c2)cc1. The van der Waals surface area contributed by atoms with Crippen LogP contribution in [0.3, 0.4) is 0 Å². The maximum Gasteiger partial charge on any atom is 0.136 e. The molecule has 0 aliphatic heterocycles. The molecule has 0 aliphatic carbocycles. The van der Waals surface area contributed by atoms with Gasteiger partial charge >= 0.3 is 0 Å². The van der Waals surface area contributed by atoms with Crippen LogP contribution < -0.4 is 0 Å². The van der Waals surface area contributed by atoms with Gasteiger partial charge in [-0.1, -0.05) is 170 Å². The summed E-state index contributed by atoms with van der Waals surface area (Å²) in [4.78, 5) is 0. The number of rotatable bonds is 4. The topological polar surface area (TPSA) is 13.1 Å². The van der Waals surface area contributed by atoms with Crippen LogP contribution in [0.15, 0.2) is 211 Å². The Morgan fingerprint density at radius 1 is 0.228 bits per heavy atom. The molecule has 264 valence electrons. The van der Waals surface area contributed by atoms with Crippen LogP contribution in [0.2, 0.25) is 0 Å². The van der Waals surface area contributed by atoms with Crippen LogP contribution in [0.5, 0.6) is 0 Å². The first-order chi connectivity index (χ1) is 28.3. The van der Waals surface area contributed by atoms with Crippen molar-refractivity contribution >= 4 is 75.8 Å². The molecule has 0 saturated heterocycles. The van der Waals surface area contributed by atoms with E-state index in [1.165, 1.54) is 104 Å². The van der Waals surface area contributed by atoms with Gasteiger partial charge in [-0.05, 0) is 135 Å². The van der Waals surface area contributed by atoms with Gasteiger partial charge in [0.15, 0.2) is 0 Å². The molecular formula is C56H34O. The fraction of sp³-hybridized carbons (Fsp3) is 0. The molecule has 0 saturated carbocycles. The number of fused-ring (bicyclic) bond motifs is 9.